The molecule has 0 saturated carbocycles. The van der Waals surface area contributed by atoms with Gasteiger partial charge in [0.2, 0.25) is 0 Å². The molecule has 2 rings (SSSR count). The summed E-state index contributed by atoms with van der Waals surface area (Å²) in [6.07, 6.45) is 1.22. The zero-order valence-electron chi connectivity index (χ0n) is 13.2. The molecular weight excluding hydrogens is 310 g/mol. The number of methoxy groups -OCH3 is 1. The Hall–Kier alpha value is -3.35. The first-order chi connectivity index (χ1) is 11.5. The second-order valence-corrected chi connectivity index (χ2v) is 4.92. The molecule has 0 aliphatic heterocycles. The molecule has 0 aromatic heterocycles. The molecule has 0 heterocycles. The third-order valence-electron chi connectivity index (χ3n) is 3.10. The van der Waals surface area contributed by atoms with Crippen molar-refractivity contribution in [3.8, 4) is 11.5 Å². The molecule has 7 nitrogen and oxygen atoms in total. The summed E-state index contributed by atoms with van der Waals surface area (Å²) in [6.45, 7) is 1.88. The molecule has 2 aromatic carbocycles. The molecule has 2 amide bonds. The lowest BCUT2D eigenvalue weighted by atomic mass is 10.2. The van der Waals surface area contributed by atoms with Crippen LogP contribution in [0.4, 0.5) is 5.69 Å². The van der Waals surface area contributed by atoms with Gasteiger partial charge in [0.15, 0.2) is 11.5 Å². The second kappa shape index (κ2) is 7.77. The fraction of sp³-hybridized carbons (Fsp3) is 0.118. The van der Waals surface area contributed by atoms with Gasteiger partial charge in [-0.2, -0.15) is 5.10 Å². The van der Waals surface area contributed by atoms with Crippen LogP contribution in [0.3, 0.4) is 0 Å². The SMILES string of the molecule is COc1cccc(C=NNC(=O)C(=O)Nc2cccc(C)c2)c1O. The Morgan fingerprint density at radius 2 is 1.92 bits per heavy atom. The highest BCUT2D eigenvalue weighted by atomic mass is 16.5. The van der Waals surface area contributed by atoms with Crippen LogP contribution in [0, 0.1) is 6.92 Å². The van der Waals surface area contributed by atoms with Crippen molar-refractivity contribution in [2.24, 2.45) is 5.10 Å². The average molecular weight is 327 g/mol. The van der Waals surface area contributed by atoms with Crippen LogP contribution >= 0.6 is 0 Å². The largest absolute Gasteiger partial charge is 0.504 e. The van der Waals surface area contributed by atoms with Gasteiger partial charge in [0.05, 0.1) is 13.3 Å². The van der Waals surface area contributed by atoms with E-state index in [2.05, 4.69) is 15.8 Å². The Balaban J connectivity index is 1.96. The quantitative estimate of drug-likeness (QED) is 0.453. The number of carbonyl (C=O) groups is 2. The van der Waals surface area contributed by atoms with Gasteiger partial charge in [0.25, 0.3) is 0 Å². The zero-order valence-corrected chi connectivity index (χ0v) is 13.2. The number of rotatable bonds is 4. The molecule has 3 N–H and O–H groups in total. The molecule has 0 aliphatic carbocycles. The van der Waals surface area contributed by atoms with Crippen LogP contribution in [0.2, 0.25) is 0 Å². The van der Waals surface area contributed by atoms with E-state index >= 15 is 0 Å². The van der Waals surface area contributed by atoms with E-state index < -0.39 is 11.8 Å². The van der Waals surface area contributed by atoms with Gasteiger partial charge in [-0.05, 0) is 36.8 Å². The third-order valence-corrected chi connectivity index (χ3v) is 3.10. The molecule has 124 valence electrons. The number of anilines is 1. The van der Waals surface area contributed by atoms with Crippen LogP contribution in [0.1, 0.15) is 11.1 Å². The summed E-state index contributed by atoms with van der Waals surface area (Å²) in [6, 6.07) is 11.9. The van der Waals surface area contributed by atoms with Gasteiger partial charge < -0.3 is 15.2 Å². The monoisotopic (exact) mass is 327 g/mol. The van der Waals surface area contributed by atoms with Crippen LogP contribution < -0.4 is 15.5 Å². The van der Waals surface area contributed by atoms with E-state index in [0.29, 0.717) is 11.3 Å². The summed E-state index contributed by atoms with van der Waals surface area (Å²) >= 11 is 0. The molecule has 0 spiro atoms. The van der Waals surface area contributed by atoms with Crippen LogP contribution in [0.15, 0.2) is 47.6 Å². The van der Waals surface area contributed by atoms with Gasteiger partial charge in [-0.15, -0.1) is 0 Å². The highest BCUT2D eigenvalue weighted by Gasteiger charge is 2.13. The molecule has 0 aliphatic rings. The standard InChI is InChI=1S/C17H17N3O4/c1-11-5-3-7-13(9-11)19-16(22)17(23)20-18-10-12-6-4-8-14(24-2)15(12)21/h3-10,21H,1-2H3,(H,19,22)(H,20,23). The number of hydrogen-bond donors (Lipinski definition) is 3. The summed E-state index contributed by atoms with van der Waals surface area (Å²) in [5.74, 6) is -1.59. The number of phenolic OH excluding ortho intramolecular Hbond substituents is 1. The van der Waals surface area contributed by atoms with Gasteiger partial charge in [-0.25, -0.2) is 5.43 Å². The fourth-order valence-electron chi connectivity index (χ4n) is 1.93. The van der Waals surface area contributed by atoms with E-state index in [0.717, 1.165) is 5.56 Å². The third kappa shape index (κ3) is 4.33. The number of aromatic hydroxyl groups is 1. The molecule has 0 bridgehead atoms. The van der Waals surface area contributed by atoms with E-state index in [1.807, 2.05) is 13.0 Å². The average Bonchev–Trinajstić information content (AvgIpc) is 2.56. The second-order valence-electron chi connectivity index (χ2n) is 4.92. The molecule has 0 atom stereocenters. The summed E-state index contributed by atoms with van der Waals surface area (Å²) < 4.78 is 4.96. The smallest absolute Gasteiger partial charge is 0.329 e. The topological polar surface area (TPSA) is 100 Å². The van der Waals surface area contributed by atoms with Crippen molar-refractivity contribution >= 4 is 23.7 Å². The maximum atomic E-state index is 11.8. The van der Waals surface area contributed by atoms with Gasteiger partial charge in [-0.3, -0.25) is 9.59 Å². The fourth-order valence-corrected chi connectivity index (χ4v) is 1.93. The number of hydrogen-bond acceptors (Lipinski definition) is 5. The van der Waals surface area contributed by atoms with Crippen LogP contribution in [-0.4, -0.2) is 30.2 Å². The van der Waals surface area contributed by atoms with Crippen molar-refractivity contribution < 1.29 is 19.4 Å². The van der Waals surface area contributed by atoms with Crippen molar-refractivity contribution in [1.82, 2.24) is 5.43 Å². The summed E-state index contributed by atoms with van der Waals surface area (Å²) in [5.41, 5.74) is 3.91. The lowest BCUT2D eigenvalue weighted by molar-refractivity contribution is -0.136. The van der Waals surface area contributed by atoms with Gasteiger partial charge in [0, 0.05) is 11.3 Å². The number of benzene rings is 2. The van der Waals surface area contributed by atoms with Gasteiger partial charge in [-0.1, -0.05) is 18.2 Å². The number of carbonyl (C=O) groups excluding carboxylic acids is 2. The Morgan fingerprint density at radius 3 is 2.62 bits per heavy atom. The maximum absolute atomic E-state index is 11.8. The summed E-state index contributed by atoms with van der Waals surface area (Å²) in [7, 11) is 1.42. The first kappa shape index (κ1) is 17.0. The number of amides is 2. The van der Waals surface area contributed by atoms with Gasteiger partial charge in [0.1, 0.15) is 0 Å². The van der Waals surface area contributed by atoms with Crippen molar-refractivity contribution in [2.45, 2.75) is 6.92 Å². The van der Waals surface area contributed by atoms with Gasteiger partial charge >= 0.3 is 11.8 Å². The summed E-state index contributed by atoms with van der Waals surface area (Å²) in [5, 5.41) is 16.0. The highest BCUT2D eigenvalue weighted by molar-refractivity contribution is 6.39. The van der Waals surface area contributed by atoms with E-state index in [1.165, 1.54) is 13.3 Å². The molecule has 0 radical (unpaired) electrons. The number of nitrogens with zero attached hydrogens (tertiary/aromatic N) is 1. The van der Waals surface area contributed by atoms with Crippen LogP contribution in [0.5, 0.6) is 11.5 Å². The number of phenols is 1. The predicted octanol–water partition coefficient (Wildman–Crippen LogP) is 1.80. The van der Waals surface area contributed by atoms with E-state index in [1.54, 1.807) is 36.4 Å². The van der Waals surface area contributed by atoms with Crippen LogP contribution in [0.25, 0.3) is 0 Å². The van der Waals surface area contributed by atoms with E-state index in [4.69, 9.17) is 4.74 Å². The minimum Gasteiger partial charge on any atom is -0.504 e. The zero-order chi connectivity index (χ0) is 17.5. The molecule has 0 unspecified atom stereocenters. The minimum absolute atomic E-state index is 0.109. The van der Waals surface area contributed by atoms with Crippen molar-refractivity contribution in [3.63, 3.8) is 0 Å². The number of aryl methyl sites for hydroxylation is 1. The predicted molar refractivity (Wildman–Crippen MR) is 90.2 cm³/mol. The minimum atomic E-state index is -0.921. The molecule has 24 heavy (non-hydrogen) atoms. The summed E-state index contributed by atoms with van der Waals surface area (Å²) in [4.78, 5) is 23.5. The molecule has 2 aromatic rings. The Bertz CT molecular complexity index is 787. The first-order valence-corrected chi connectivity index (χ1v) is 7.08. The number of ether oxygens (including phenoxy) is 1. The van der Waals surface area contributed by atoms with Crippen molar-refractivity contribution in [1.29, 1.82) is 0 Å². The normalized spacial score (nSPS) is 10.4. The molecular formula is C17H17N3O4. The number of para-hydroxylation sites is 1. The Kier molecular flexibility index (Phi) is 5.51. The maximum Gasteiger partial charge on any atom is 0.329 e. The Morgan fingerprint density at radius 1 is 1.17 bits per heavy atom. The number of hydrazone groups is 1. The van der Waals surface area contributed by atoms with Crippen molar-refractivity contribution in [2.75, 3.05) is 12.4 Å². The van der Waals surface area contributed by atoms with E-state index in [-0.39, 0.29) is 11.5 Å². The van der Waals surface area contributed by atoms with Crippen LogP contribution in [-0.2, 0) is 9.59 Å². The first-order valence-electron chi connectivity index (χ1n) is 7.08. The number of nitrogens with one attached hydrogen (secondary N) is 2. The lowest BCUT2D eigenvalue weighted by Crippen LogP contribution is -2.32. The highest BCUT2D eigenvalue weighted by Crippen LogP contribution is 2.27. The molecule has 7 heteroatoms. The Labute approximate surface area is 139 Å². The molecule has 0 saturated heterocycles. The molecule has 0 fully saturated rings. The lowest BCUT2D eigenvalue weighted by Gasteiger charge is -2.05. The van der Waals surface area contributed by atoms with E-state index in [9.17, 15) is 14.7 Å². The van der Waals surface area contributed by atoms with Crippen molar-refractivity contribution in [3.05, 3.63) is 53.6 Å².